The zero-order valence-electron chi connectivity index (χ0n) is 6.33. The maximum Gasteiger partial charge on any atom is 2.00 e. The number of rotatable bonds is 4. The molecule has 0 bridgehead atoms. The average molecular weight is 257 g/mol. The van der Waals surface area contributed by atoms with Crippen LogP contribution in [0.5, 0.6) is 0 Å². The molecule has 0 amide bonds. The summed E-state index contributed by atoms with van der Waals surface area (Å²) in [6, 6.07) is 0. The smallest absolute Gasteiger partial charge is 0.550 e. The molecule has 0 saturated heterocycles. The molecule has 0 aromatic carbocycles. The van der Waals surface area contributed by atoms with E-state index in [4.69, 9.17) is 0 Å². The van der Waals surface area contributed by atoms with Gasteiger partial charge in [0.15, 0.2) is 0 Å². The Labute approximate surface area is 84.8 Å². The summed E-state index contributed by atoms with van der Waals surface area (Å²) >= 11 is 0. The molecule has 0 aliphatic rings. The first-order valence-electron chi connectivity index (χ1n) is 2.92. The van der Waals surface area contributed by atoms with Crippen LogP contribution in [-0.2, 0) is 36.9 Å². The molecule has 0 atom stereocenters. The average Bonchev–Trinajstić information content (AvgIpc) is 1.58. The Hall–Kier alpha value is -0.138. The predicted octanol–water partition coefficient (Wildman–Crippen LogP) is -2.10. The molecule has 0 radical (unpaired) electrons. The normalized spacial score (nSPS) is 8.91. The first-order chi connectivity index (χ1) is 4.52. The fourth-order valence-electron chi connectivity index (χ4n) is 0.641. The van der Waals surface area contributed by atoms with Gasteiger partial charge in [-0.1, -0.05) is 6.92 Å². The molecule has 11 heavy (non-hydrogen) atoms. The molecule has 5 heteroatoms. The summed E-state index contributed by atoms with van der Waals surface area (Å²) in [6.45, 7) is 1.52. The maximum atomic E-state index is 9.87. The van der Waals surface area contributed by atoms with E-state index < -0.39 is 17.9 Å². The molecule has 0 spiro atoms. The van der Waals surface area contributed by atoms with Crippen molar-refractivity contribution in [2.45, 2.75) is 19.8 Å². The van der Waals surface area contributed by atoms with Gasteiger partial charge in [0.2, 0.25) is 0 Å². The van der Waals surface area contributed by atoms with Crippen LogP contribution in [0.3, 0.4) is 0 Å². The van der Waals surface area contributed by atoms with Crippen LogP contribution in [0.1, 0.15) is 19.8 Å². The Morgan fingerprint density at radius 3 is 1.64 bits per heavy atom. The van der Waals surface area contributed by atoms with Crippen LogP contribution in [0.25, 0.3) is 0 Å². The van der Waals surface area contributed by atoms with Gasteiger partial charge in [-0.25, -0.2) is 0 Å². The number of aliphatic carboxylic acids is 2. The molecule has 0 aromatic heterocycles. The second-order valence-electron chi connectivity index (χ2n) is 2.26. The van der Waals surface area contributed by atoms with Gasteiger partial charge in [0.1, 0.15) is 0 Å². The topological polar surface area (TPSA) is 80.3 Å². The van der Waals surface area contributed by atoms with Gasteiger partial charge in [0.25, 0.3) is 0 Å². The molecular weight excluding hydrogens is 248 g/mol. The van der Waals surface area contributed by atoms with Crippen molar-refractivity contribution in [3.05, 3.63) is 0 Å². The first kappa shape index (κ1) is 13.5. The Bertz CT molecular complexity index is 130. The van der Waals surface area contributed by atoms with Crippen molar-refractivity contribution >= 4 is 11.9 Å². The number of carbonyl (C=O) groups excluding carboxylic acids is 2. The summed E-state index contributed by atoms with van der Waals surface area (Å²) in [4.78, 5) is 19.7. The quantitative estimate of drug-likeness (QED) is 0.540. The fourth-order valence-corrected chi connectivity index (χ4v) is 0.641. The van der Waals surface area contributed by atoms with Crippen LogP contribution in [-0.4, -0.2) is 11.9 Å². The van der Waals surface area contributed by atoms with Gasteiger partial charge in [0, 0.05) is 11.9 Å². The summed E-state index contributed by atoms with van der Waals surface area (Å²) in [5.41, 5.74) is 0. The Morgan fingerprint density at radius 1 is 1.18 bits per heavy atom. The van der Waals surface area contributed by atoms with Gasteiger partial charge in [-0.2, -0.15) is 0 Å². The third-order valence-corrected chi connectivity index (χ3v) is 1.03. The molecule has 0 aliphatic carbocycles. The number of carboxylic acid groups (broad SMARTS) is 2. The van der Waals surface area contributed by atoms with Crippen LogP contribution in [0, 0.1) is 5.92 Å². The van der Waals surface area contributed by atoms with Crippen molar-refractivity contribution in [2.75, 3.05) is 0 Å². The van der Waals surface area contributed by atoms with Crippen LogP contribution in [0.4, 0.5) is 0 Å². The molecule has 0 heterocycles. The number of hydrogen-bond donors (Lipinski definition) is 0. The second kappa shape index (κ2) is 6.56. The molecular formula is C6H8CdO4. The summed E-state index contributed by atoms with van der Waals surface area (Å²) in [5.74, 6) is -2.86. The molecule has 0 aliphatic heterocycles. The van der Waals surface area contributed by atoms with Crippen molar-refractivity contribution in [3.63, 3.8) is 0 Å². The van der Waals surface area contributed by atoms with Gasteiger partial charge in [-0.3, -0.25) is 0 Å². The zero-order chi connectivity index (χ0) is 8.15. The molecule has 0 unspecified atom stereocenters. The van der Waals surface area contributed by atoms with Crippen LogP contribution < -0.4 is 10.2 Å². The molecule has 0 aromatic rings. The molecule has 0 rings (SSSR count). The summed E-state index contributed by atoms with van der Waals surface area (Å²) < 4.78 is 0. The van der Waals surface area contributed by atoms with Gasteiger partial charge in [-0.05, 0) is 18.8 Å². The molecule has 0 N–H and O–H groups in total. The minimum absolute atomic E-state index is 0. The van der Waals surface area contributed by atoms with Gasteiger partial charge in [0.05, 0.1) is 0 Å². The van der Waals surface area contributed by atoms with Crippen molar-refractivity contribution in [1.82, 2.24) is 0 Å². The van der Waals surface area contributed by atoms with E-state index in [0.29, 0.717) is 0 Å². The predicted molar refractivity (Wildman–Crippen MR) is 28.4 cm³/mol. The first-order valence-corrected chi connectivity index (χ1v) is 2.92. The zero-order valence-corrected chi connectivity index (χ0v) is 10.4. The van der Waals surface area contributed by atoms with E-state index in [1.54, 1.807) is 0 Å². The van der Waals surface area contributed by atoms with Crippen LogP contribution in [0.2, 0.25) is 0 Å². The van der Waals surface area contributed by atoms with E-state index in [9.17, 15) is 19.8 Å². The van der Waals surface area contributed by atoms with Crippen molar-refractivity contribution in [1.29, 1.82) is 0 Å². The van der Waals surface area contributed by atoms with E-state index in [-0.39, 0.29) is 40.1 Å². The SMILES string of the molecule is CC(CC(=O)[O-])CC(=O)[O-].[Cd+2]. The van der Waals surface area contributed by atoms with Gasteiger partial charge in [-0.15, -0.1) is 0 Å². The molecule has 4 nitrogen and oxygen atoms in total. The van der Waals surface area contributed by atoms with Crippen LogP contribution >= 0.6 is 0 Å². The largest absolute Gasteiger partial charge is 2.00 e. The number of hydrogen-bond acceptors (Lipinski definition) is 4. The Morgan fingerprint density at radius 2 is 1.45 bits per heavy atom. The maximum absolute atomic E-state index is 9.87. The van der Waals surface area contributed by atoms with Crippen LogP contribution in [0.15, 0.2) is 0 Å². The van der Waals surface area contributed by atoms with Crippen molar-refractivity contribution in [3.8, 4) is 0 Å². The summed E-state index contributed by atoms with van der Waals surface area (Å²) in [7, 11) is 0. The standard InChI is InChI=1S/C6H10O4.Cd/c1-4(2-5(7)8)3-6(9)10;/h4H,2-3H2,1H3,(H,7,8)(H,9,10);/q;+2/p-2. The Balaban J connectivity index is 0. The summed E-state index contributed by atoms with van der Waals surface area (Å²) in [5, 5.41) is 19.7. The fraction of sp³-hybridized carbons (Fsp3) is 0.667. The number of carbonyl (C=O) groups is 2. The van der Waals surface area contributed by atoms with Gasteiger partial charge >= 0.3 is 27.3 Å². The van der Waals surface area contributed by atoms with Gasteiger partial charge < -0.3 is 19.8 Å². The van der Waals surface area contributed by atoms with E-state index in [1.165, 1.54) is 6.92 Å². The molecule has 58 valence electrons. The molecule has 0 fully saturated rings. The van der Waals surface area contributed by atoms with E-state index in [2.05, 4.69) is 0 Å². The monoisotopic (exact) mass is 258 g/mol. The number of carboxylic acids is 2. The molecule has 0 saturated carbocycles. The Kier molecular flexibility index (Phi) is 8.03. The minimum Gasteiger partial charge on any atom is -0.550 e. The summed E-state index contributed by atoms with van der Waals surface area (Å²) in [6.07, 6.45) is -0.456. The third-order valence-electron chi connectivity index (χ3n) is 1.03. The van der Waals surface area contributed by atoms with Crippen molar-refractivity contribution in [2.24, 2.45) is 5.92 Å². The van der Waals surface area contributed by atoms with E-state index >= 15 is 0 Å². The minimum atomic E-state index is -1.23. The van der Waals surface area contributed by atoms with E-state index in [1.807, 2.05) is 0 Å². The second-order valence-corrected chi connectivity index (χ2v) is 2.26. The van der Waals surface area contributed by atoms with E-state index in [0.717, 1.165) is 0 Å². The van der Waals surface area contributed by atoms with Crippen molar-refractivity contribution < 1.29 is 47.1 Å². The third kappa shape index (κ3) is 9.86.